The number of rotatable bonds is 2. The van der Waals surface area contributed by atoms with Gasteiger partial charge in [0.15, 0.2) is 11.5 Å². The molecule has 0 unspecified atom stereocenters. The van der Waals surface area contributed by atoms with Crippen molar-refractivity contribution >= 4 is 15.9 Å². The van der Waals surface area contributed by atoms with Gasteiger partial charge in [-0.15, -0.1) is 0 Å². The molecule has 0 radical (unpaired) electrons. The second-order valence-corrected chi connectivity index (χ2v) is 5.45. The quantitative estimate of drug-likeness (QED) is 0.879. The number of aliphatic hydroxyl groups excluding tert-OH is 1. The van der Waals surface area contributed by atoms with E-state index >= 15 is 0 Å². The van der Waals surface area contributed by atoms with E-state index in [2.05, 4.69) is 15.9 Å². The molecule has 0 aliphatic carbocycles. The molecule has 0 saturated carbocycles. The first-order valence-electron chi connectivity index (χ1n) is 5.40. The van der Waals surface area contributed by atoms with Crippen molar-refractivity contribution in [3.63, 3.8) is 0 Å². The monoisotopic (exact) mass is 302 g/mol. The largest absolute Gasteiger partial charge is 0.506 e. The molecule has 1 aliphatic rings. The fourth-order valence-electron chi connectivity index (χ4n) is 1.74. The summed E-state index contributed by atoms with van der Waals surface area (Å²) in [5, 5.41) is 19.5. The average Bonchev–Trinajstić information content (AvgIpc) is 2.33. The Labute approximate surface area is 108 Å². The van der Waals surface area contributed by atoms with Gasteiger partial charge in [-0.1, -0.05) is 13.8 Å². The lowest BCUT2D eigenvalue weighted by Crippen LogP contribution is -2.23. The highest BCUT2D eigenvalue weighted by Crippen LogP contribution is 2.48. The average molecular weight is 303 g/mol. The lowest BCUT2D eigenvalue weighted by Gasteiger charge is -2.27. The normalized spacial score (nSPS) is 14.8. The standard InChI is InChI=1S/C12H15BrO4/c1-12(2,6-14)7-5-8-11(9(13)10(7)15)17-4-3-16-8/h5,14-15H,3-4,6H2,1-2H3. The van der Waals surface area contributed by atoms with Gasteiger partial charge in [0.25, 0.3) is 0 Å². The van der Waals surface area contributed by atoms with Crippen LogP contribution in [0.4, 0.5) is 0 Å². The smallest absolute Gasteiger partial charge is 0.179 e. The van der Waals surface area contributed by atoms with Crippen molar-refractivity contribution in [2.45, 2.75) is 19.3 Å². The first-order chi connectivity index (χ1) is 7.97. The Kier molecular flexibility index (Phi) is 3.23. The zero-order valence-corrected chi connectivity index (χ0v) is 11.4. The second-order valence-electron chi connectivity index (χ2n) is 4.65. The molecule has 5 heteroatoms. The number of fused-ring (bicyclic) bond motifs is 1. The van der Waals surface area contributed by atoms with Gasteiger partial charge < -0.3 is 19.7 Å². The maximum Gasteiger partial charge on any atom is 0.179 e. The van der Waals surface area contributed by atoms with E-state index in [1.54, 1.807) is 6.07 Å². The van der Waals surface area contributed by atoms with E-state index in [9.17, 15) is 10.2 Å². The van der Waals surface area contributed by atoms with Crippen LogP contribution in [0, 0.1) is 0 Å². The van der Waals surface area contributed by atoms with Crippen LogP contribution in [0.5, 0.6) is 17.2 Å². The van der Waals surface area contributed by atoms with Gasteiger partial charge in [-0.3, -0.25) is 0 Å². The molecule has 0 amide bonds. The Hall–Kier alpha value is -0.940. The van der Waals surface area contributed by atoms with Gasteiger partial charge in [-0.2, -0.15) is 0 Å². The van der Waals surface area contributed by atoms with Crippen LogP contribution in [-0.4, -0.2) is 30.0 Å². The summed E-state index contributed by atoms with van der Waals surface area (Å²) in [6, 6.07) is 1.73. The van der Waals surface area contributed by atoms with E-state index in [4.69, 9.17) is 9.47 Å². The van der Waals surface area contributed by atoms with Crippen molar-refractivity contribution < 1.29 is 19.7 Å². The van der Waals surface area contributed by atoms with Gasteiger partial charge in [-0.05, 0) is 22.0 Å². The third-order valence-corrected chi connectivity index (χ3v) is 3.61. The van der Waals surface area contributed by atoms with E-state index < -0.39 is 5.41 Å². The molecule has 1 heterocycles. The van der Waals surface area contributed by atoms with E-state index in [-0.39, 0.29) is 12.4 Å². The summed E-state index contributed by atoms with van der Waals surface area (Å²) in [6.45, 7) is 4.60. The van der Waals surface area contributed by atoms with Crippen molar-refractivity contribution in [2.75, 3.05) is 19.8 Å². The molecule has 0 spiro atoms. The molecule has 0 saturated heterocycles. The topological polar surface area (TPSA) is 58.9 Å². The molecular formula is C12H15BrO4. The van der Waals surface area contributed by atoms with Crippen LogP contribution in [0.1, 0.15) is 19.4 Å². The summed E-state index contributed by atoms with van der Waals surface area (Å²) >= 11 is 3.30. The molecule has 17 heavy (non-hydrogen) atoms. The third kappa shape index (κ3) is 2.09. The second kappa shape index (κ2) is 4.38. The molecule has 0 atom stereocenters. The van der Waals surface area contributed by atoms with Crippen LogP contribution in [0.15, 0.2) is 10.5 Å². The van der Waals surface area contributed by atoms with Crippen molar-refractivity contribution in [3.8, 4) is 17.2 Å². The van der Waals surface area contributed by atoms with Crippen LogP contribution in [-0.2, 0) is 5.41 Å². The van der Waals surface area contributed by atoms with Gasteiger partial charge in [0.05, 0.1) is 6.61 Å². The molecule has 1 aliphatic heterocycles. The van der Waals surface area contributed by atoms with Crippen LogP contribution >= 0.6 is 15.9 Å². The molecule has 0 fully saturated rings. The maximum absolute atomic E-state index is 10.1. The predicted molar refractivity (Wildman–Crippen MR) is 66.9 cm³/mol. The predicted octanol–water partition coefficient (Wildman–Crippen LogP) is 2.20. The van der Waals surface area contributed by atoms with E-state index in [0.717, 1.165) is 0 Å². The molecule has 94 valence electrons. The van der Waals surface area contributed by atoms with Crippen LogP contribution in [0.25, 0.3) is 0 Å². The minimum absolute atomic E-state index is 0.0629. The number of hydrogen-bond donors (Lipinski definition) is 2. The summed E-state index contributed by atoms with van der Waals surface area (Å²) in [4.78, 5) is 0. The van der Waals surface area contributed by atoms with E-state index in [1.807, 2.05) is 13.8 Å². The maximum atomic E-state index is 10.1. The highest BCUT2D eigenvalue weighted by molar-refractivity contribution is 9.10. The summed E-state index contributed by atoms with van der Waals surface area (Å²) in [7, 11) is 0. The van der Waals surface area contributed by atoms with Crippen molar-refractivity contribution in [2.24, 2.45) is 0 Å². The molecule has 2 rings (SSSR count). The minimum atomic E-state index is -0.539. The van der Waals surface area contributed by atoms with Gasteiger partial charge in [0.2, 0.25) is 0 Å². The van der Waals surface area contributed by atoms with Crippen molar-refractivity contribution in [1.29, 1.82) is 0 Å². The number of phenols is 1. The fraction of sp³-hybridized carbons (Fsp3) is 0.500. The van der Waals surface area contributed by atoms with Gasteiger partial charge in [0, 0.05) is 11.0 Å². The fourth-order valence-corrected chi connectivity index (χ4v) is 2.26. The van der Waals surface area contributed by atoms with Gasteiger partial charge in [0.1, 0.15) is 23.4 Å². The SMILES string of the molecule is CC(C)(CO)c1cc2c(c(Br)c1O)OCCO2. The minimum Gasteiger partial charge on any atom is -0.506 e. The molecule has 4 nitrogen and oxygen atoms in total. The summed E-state index contributed by atoms with van der Waals surface area (Å²) in [5.41, 5.74) is 0.0961. The zero-order valence-electron chi connectivity index (χ0n) is 9.79. The zero-order chi connectivity index (χ0) is 12.6. The Morgan fingerprint density at radius 1 is 1.35 bits per heavy atom. The number of phenolic OH excluding ortho intramolecular Hbond substituents is 1. The number of benzene rings is 1. The van der Waals surface area contributed by atoms with E-state index in [1.165, 1.54) is 0 Å². The molecular weight excluding hydrogens is 288 g/mol. The number of ether oxygens (including phenoxy) is 2. The Morgan fingerprint density at radius 3 is 2.65 bits per heavy atom. The van der Waals surface area contributed by atoms with E-state index in [0.29, 0.717) is 34.7 Å². The molecule has 0 bridgehead atoms. The molecule has 2 N–H and O–H groups in total. The molecule has 1 aromatic carbocycles. The number of halogens is 1. The Morgan fingerprint density at radius 2 is 2.00 bits per heavy atom. The van der Waals surface area contributed by atoms with Crippen molar-refractivity contribution in [1.82, 2.24) is 0 Å². The summed E-state index contributed by atoms with van der Waals surface area (Å²) in [5.74, 6) is 1.21. The third-order valence-electron chi connectivity index (χ3n) is 2.87. The highest BCUT2D eigenvalue weighted by Gasteiger charge is 2.29. The Bertz CT molecular complexity index is 443. The number of aliphatic hydroxyl groups is 1. The van der Waals surface area contributed by atoms with Crippen LogP contribution in [0.2, 0.25) is 0 Å². The van der Waals surface area contributed by atoms with Crippen LogP contribution < -0.4 is 9.47 Å². The summed E-state index contributed by atoms with van der Waals surface area (Å²) < 4.78 is 11.4. The number of hydrogen-bond acceptors (Lipinski definition) is 4. The first-order valence-corrected chi connectivity index (χ1v) is 6.19. The summed E-state index contributed by atoms with van der Waals surface area (Å²) in [6.07, 6.45) is 0. The van der Waals surface area contributed by atoms with Gasteiger partial charge in [-0.25, -0.2) is 0 Å². The molecule has 1 aromatic rings. The van der Waals surface area contributed by atoms with Gasteiger partial charge >= 0.3 is 0 Å². The van der Waals surface area contributed by atoms with Crippen molar-refractivity contribution in [3.05, 3.63) is 16.1 Å². The van der Waals surface area contributed by atoms with Crippen LogP contribution in [0.3, 0.4) is 0 Å². The highest BCUT2D eigenvalue weighted by atomic mass is 79.9. The molecule has 0 aromatic heterocycles. The first kappa shape index (κ1) is 12.5. The Balaban J connectivity index is 2.59. The lowest BCUT2D eigenvalue weighted by molar-refractivity contribution is 0.167. The number of aromatic hydroxyl groups is 1. The lowest BCUT2D eigenvalue weighted by atomic mass is 9.84.